The summed E-state index contributed by atoms with van der Waals surface area (Å²) in [5.41, 5.74) is 2.50. The Kier molecular flexibility index (Phi) is 4.70. The predicted octanol–water partition coefficient (Wildman–Crippen LogP) is 3.14. The summed E-state index contributed by atoms with van der Waals surface area (Å²) in [6, 6.07) is 9.76. The number of benzene rings is 1. The van der Waals surface area contributed by atoms with E-state index in [1.165, 1.54) is 10.9 Å². The van der Waals surface area contributed by atoms with E-state index in [1.54, 1.807) is 12.3 Å². The number of nitrogens with zero attached hydrogens (tertiary/aromatic N) is 2. The summed E-state index contributed by atoms with van der Waals surface area (Å²) in [6.07, 6.45) is 4.34. The summed E-state index contributed by atoms with van der Waals surface area (Å²) < 4.78 is 0. The highest BCUT2D eigenvalue weighted by atomic mass is 16.1. The van der Waals surface area contributed by atoms with Gasteiger partial charge in [0.1, 0.15) is 5.69 Å². The Morgan fingerprint density at radius 3 is 2.80 bits per heavy atom. The van der Waals surface area contributed by atoms with E-state index in [-0.39, 0.29) is 11.4 Å². The van der Waals surface area contributed by atoms with E-state index in [1.807, 2.05) is 45.2 Å². The van der Waals surface area contributed by atoms with Crippen molar-refractivity contribution < 1.29 is 4.79 Å². The summed E-state index contributed by atoms with van der Waals surface area (Å²) in [7, 11) is 0. The average Bonchev–Trinajstić information content (AvgIpc) is 2.97. The van der Waals surface area contributed by atoms with E-state index >= 15 is 0 Å². The lowest BCUT2D eigenvalue weighted by Crippen LogP contribution is -2.29. The third kappa shape index (κ3) is 4.35. The second kappa shape index (κ2) is 6.93. The molecule has 2 aromatic heterocycles. The first-order valence-corrected chi connectivity index (χ1v) is 8.37. The molecule has 6 nitrogen and oxygen atoms in total. The van der Waals surface area contributed by atoms with Crippen molar-refractivity contribution in [2.75, 3.05) is 11.9 Å². The van der Waals surface area contributed by atoms with Gasteiger partial charge in [0.2, 0.25) is 5.95 Å². The number of aromatic amines is 1. The number of hydrogen-bond donors (Lipinski definition) is 3. The topological polar surface area (TPSA) is 82.7 Å². The van der Waals surface area contributed by atoms with E-state index in [9.17, 15) is 4.79 Å². The molecule has 0 atom stereocenters. The Hall–Kier alpha value is -2.89. The lowest BCUT2D eigenvalue weighted by Gasteiger charge is -2.20. The Morgan fingerprint density at radius 1 is 1.20 bits per heavy atom. The number of fused-ring (bicyclic) bond motifs is 1. The summed E-state index contributed by atoms with van der Waals surface area (Å²) in [4.78, 5) is 24.0. The normalized spacial score (nSPS) is 11.5. The summed E-state index contributed by atoms with van der Waals surface area (Å²) in [5.74, 6) is 0.260. The van der Waals surface area contributed by atoms with Crippen molar-refractivity contribution >= 4 is 22.8 Å². The van der Waals surface area contributed by atoms with Crippen molar-refractivity contribution in [1.29, 1.82) is 0 Å². The van der Waals surface area contributed by atoms with E-state index < -0.39 is 0 Å². The van der Waals surface area contributed by atoms with Crippen LogP contribution in [0.1, 0.15) is 36.8 Å². The maximum absolute atomic E-state index is 12.3. The molecule has 0 radical (unpaired) electrons. The molecular formula is C19H23N5O. The second-order valence-electron chi connectivity index (χ2n) is 7.01. The number of para-hydroxylation sites is 1. The van der Waals surface area contributed by atoms with Crippen LogP contribution < -0.4 is 10.6 Å². The van der Waals surface area contributed by atoms with Crippen LogP contribution in [0.5, 0.6) is 0 Å². The predicted molar refractivity (Wildman–Crippen MR) is 99.7 cm³/mol. The van der Waals surface area contributed by atoms with E-state index in [0.29, 0.717) is 18.2 Å². The molecule has 3 N–H and O–H groups in total. The molecule has 2 heterocycles. The molecular weight excluding hydrogens is 314 g/mol. The Morgan fingerprint density at radius 2 is 2.00 bits per heavy atom. The summed E-state index contributed by atoms with van der Waals surface area (Å²) in [6.45, 7) is 6.60. The number of carbonyl (C=O) groups is 1. The fraction of sp³-hybridized carbons (Fsp3) is 0.316. The highest BCUT2D eigenvalue weighted by Gasteiger charge is 2.13. The third-order valence-corrected chi connectivity index (χ3v) is 3.73. The van der Waals surface area contributed by atoms with Gasteiger partial charge in [0.25, 0.3) is 5.91 Å². The summed E-state index contributed by atoms with van der Waals surface area (Å²) in [5, 5.41) is 7.28. The van der Waals surface area contributed by atoms with Crippen LogP contribution in [0, 0.1) is 0 Å². The molecule has 130 valence electrons. The smallest absolute Gasteiger partial charge is 0.270 e. The molecule has 0 aliphatic carbocycles. The van der Waals surface area contributed by atoms with Crippen LogP contribution >= 0.6 is 0 Å². The molecule has 0 fully saturated rings. The van der Waals surface area contributed by atoms with Crippen molar-refractivity contribution in [3.8, 4) is 0 Å². The standard InChI is InChI=1S/C19H23N5O/c1-19(2,3)24-18-21-11-9-16(23-18)17(25)20-10-8-13-12-22-15-7-5-4-6-14(13)15/h4-7,9,11-12,22H,8,10H2,1-3H3,(H,20,25)(H,21,23,24). The van der Waals surface area contributed by atoms with Crippen LogP contribution in [0.2, 0.25) is 0 Å². The zero-order valence-electron chi connectivity index (χ0n) is 14.8. The highest BCUT2D eigenvalue weighted by Crippen LogP contribution is 2.17. The van der Waals surface area contributed by atoms with Crippen molar-refractivity contribution in [2.45, 2.75) is 32.7 Å². The number of nitrogens with one attached hydrogen (secondary N) is 3. The molecule has 0 bridgehead atoms. The maximum Gasteiger partial charge on any atom is 0.270 e. The van der Waals surface area contributed by atoms with Gasteiger partial charge in [0, 0.05) is 35.4 Å². The molecule has 3 rings (SSSR count). The van der Waals surface area contributed by atoms with Crippen molar-refractivity contribution in [3.63, 3.8) is 0 Å². The maximum atomic E-state index is 12.3. The molecule has 0 spiro atoms. The number of hydrogen-bond acceptors (Lipinski definition) is 4. The number of rotatable bonds is 5. The van der Waals surface area contributed by atoms with Gasteiger partial charge in [0.15, 0.2) is 0 Å². The van der Waals surface area contributed by atoms with E-state index in [0.717, 1.165) is 11.9 Å². The Labute approximate surface area is 147 Å². The molecule has 25 heavy (non-hydrogen) atoms. The SMILES string of the molecule is CC(C)(C)Nc1nccc(C(=O)NCCc2c[nH]c3ccccc23)n1. The van der Waals surface area contributed by atoms with Gasteiger partial charge in [-0.05, 0) is 44.9 Å². The number of carbonyl (C=O) groups excluding carboxylic acids is 1. The van der Waals surface area contributed by atoms with Gasteiger partial charge in [-0.1, -0.05) is 18.2 Å². The van der Waals surface area contributed by atoms with Crippen molar-refractivity contribution in [3.05, 3.63) is 54.0 Å². The lowest BCUT2D eigenvalue weighted by molar-refractivity contribution is 0.0949. The molecule has 6 heteroatoms. The minimum Gasteiger partial charge on any atom is -0.361 e. The van der Waals surface area contributed by atoms with Gasteiger partial charge in [-0.3, -0.25) is 4.79 Å². The van der Waals surface area contributed by atoms with Crippen LogP contribution in [0.25, 0.3) is 10.9 Å². The summed E-state index contributed by atoms with van der Waals surface area (Å²) >= 11 is 0. The van der Waals surface area contributed by atoms with Gasteiger partial charge >= 0.3 is 0 Å². The first-order chi connectivity index (χ1) is 11.9. The van der Waals surface area contributed by atoms with Crippen LogP contribution in [0.15, 0.2) is 42.7 Å². The quantitative estimate of drug-likeness (QED) is 0.668. The minimum atomic E-state index is -0.195. The van der Waals surface area contributed by atoms with E-state index in [4.69, 9.17) is 0 Å². The molecule has 1 aromatic carbocycles. The largest absolute Gasteiger partial charge is 0.361 e. The number of amides is 1. The monoisotopic (exact) mass is 337 g/mol. The third-order valence-electron chi connectivity index (χ3n) is 3.73. The molecule has 3 aromatic rings. The van der Waals surface area contributed by atoms with Crippen LogP contribution in [0.3, 0.4) is 0 Å². The molecule has 1 amide bonds. The van der Waals surface area contributed by atoms with Gasteiger partial charge < -0.3 is 15.6 Å². The van der Waals surface area contributed by atoms with Gasteiger partial charge in [-0.15, -0.1) is 0 Å². The first kappa shape index (κ1) is 17.0. The number of anilines is 1. The zero-order valence-corrected chi connectivity index (χ0v) is 14.8. The fourth-order valence-corrected chi connectivity index (χ4v) is 2.62. The molecule has 0 aliphatic heterocycles. The van der Waals surface area contributed by atoms with Crippen LogP contribution in [-0.2, 0) is 6.42 Å². The molecule has 0 aliphatic rings. The van der Waals surface area contributed by atoms with Crippen molar-refractivity contribution in [1.82, 2.24) is 20.3 Å². The van der Waals surface area contributed by atoms with Crippen LogP contribution in [-0.4, -0.2) is 32.9 Å². The Bertz CT molecular complexity index is 879. The highest BCUT2D eigenvalue weighted by molar-refractivity contribution is 5.92. The average molecular weight is 337 g/mol. The number of aromatic nitrogens is 3. The van der Waals surface area contributed by atoms with E-state index in [2.05, 4.69) is 31.7 Å². The molecule has 0 saturated heterocycles. The fourth-order valence-electron chi connectivity index (χ4n) is 2.62. The minimum absolute atomic E-state index is 0.162. The van der Waals surface area contributed by atoms with Gasteiger partial charge in [0.05, 0.1) is 0 Å². The lowest BCUT2D eigenvalue weighted by atomic mass is 10.1. The van der Waals surface area contributed by atoms with Crippen molar-refractivity contribution in [2.24, 2.45) is 0 Å². The first-order valence-electron chi connectivity index (χ1n) is 8.37. The zero-order chi connectivity index (χ0) is 17.9. The van der Waals surface area contributed by atoms with Crippen LogP contribution in [0.4, 0.5) is 5.95 Å². The second-order valence-corrected chi connectivity index (χ2v) is 7.01. The molecule has 0 unspecified atom stereocenters. The number of H-pyrrole nitrogens is 1. The van der Waals surface area contributed by atoms with Gasteiger partial charge in [-0.2, -0.15) is 0 Å². The van der Waals surface area contributed by atoms with Gasteiger partial charge in [-0.25, -0.2) is 9.97 Å². The Balaban J connectivity index is 1.60. The molecule has 0 saturated carbocycles.